The van der Waals surface area contributed by atoms with Gasteiger partial charge in [-0.25, -0.2) is 0 Å². The Morgan fingerprint density at radius 3 is 2.53 bits per heavy atom. The van der Waals surface area contributed by atoms with Gasteiger partial charge in [-0.3, -0.25) is 4.79 Å². The van der Waals surface area contributed by atoms with Crippen LogP contribution in [0.5, 0.6) is 0 Å². The molecule has 1 aliphatic heterocycles. The second-order valence-electron chi connectivity index (χ2n) is 4.43. The lowest BCUT2D eigenvalue weighted by atomic mass is 10.0. The summed E-state index contributed by atoms with van der Waals surface area (Å²) < 4.78 is 0. The highest BCUT2D eigenvalue weighted by atomic mass is 16.3. The summed E-state index contributed by atoms with van der Waals surface area (Å²) in [6, 6.07) is 13.7. The third-order valence-electron chi connectivity index (χ3n) is 3.15. The van der Waals surface area contributed by atoms with Crippen LogP contribution >= 0.6 is 0 Å². The number of nitrogens with zero attached hydrogens (tertiary/aromatic N) is 1. The molecule has 0 aromatic heterocycles. The molecule has 0 bridgehead atoms. The highest BCUT2D eigenvalue weighted by Gasteiger charge is 2.29. The molecular weight excluding hydrogens is 214 g/mol. The molecule has 1 N–H and O–H groups in total. The Kier molecular flexibility index (Phi) is 2.34. The van der Waals surface area contributed by atoms with Crippen LogP contribution in [0.25, 0.3) is 10.8 Å². The minimum absolute atomic E-state index is 0.000975. The third-order valence-corrected chi connectivity index (χ3v) is 3.15. The normalized spacial score (nSPS) is 15.9. The van der Waals surface area contributed by atoms with E-state index in [2.05, 4.69) is 0 Å². The molecule has 0 atom stereocenters. The van der Waals surface area contributed by atoms with Gasteiger partial charge in [-0.15, -0.1) is 0 Å². The molecule has 3 heteroatoms. The highest BCUT2D eigenvalue weighted by Crippen LogP contribution is 2.19. The van der Waals surface area contributed by atoms with E-state index in [4.69, 9.17) is 0 Å². The van der Waals surface area contributed by atoms with Gasteiger partial charge in [-0.05, 0) is 22.9 Å². The van der Waals surface area contributed by atoms with E-state index in [-0.39, 0.29) is 12.0 Å². The van der Waals surface area contributed by atoms with Crippen molar-refractivity contribution in [3.63, 3.8) is 0 Å². The minimum Gasteiger partial charge on any atom is -0.389 e. The van der Waals surface area contributed by atoms with Crippen molar-refractivity contribution in [2.24, 2.45) is 0 Å². The fourth-order valence-electron chi connectivity index (χ4n) is 2.13. The molecule has 1 amide bonds. The molecule has 86 valence electrons. The molecule has 1 fully saturated rings. The molecule has 1 aliphatic rings. The Labute approximate surface area is 99.3 Å². The number of carbonyl (C=O) groups is 1. The number of aliphatic hydroxyl groups excluding tert-OH is 1. The van der Waals surface area contributed by atoms with Crippen LogP contribution in [0.3, 0.4) is 0 Å². The van der Waals surface area contributed by atoms with Gasteiger partial charge in [0.1, 0.15) is 0 Å². The second kappa shape index (κ2) is 3.86. The van der Waals surface area contributed by atoms with Gasteiger partial charge in [0.2, 0.25) is 0 Å². The zero-order valence-corrected chi connectivity index (χ0v) is 9.34. The van der Waals surface area contributed by atoms with Gasteiger partial charge >= 0.3 is 0 Å². The fraction of sp³-hybridized carbons (Fsp3) is 0.214. The third kappa shape index (κ3) is 1.78. The molecule has 0 aliphatic carbocycles. The van der Waals surface area contributed by atoms with E-state index in [0.717, 1.165) is 10.8 Å². The number of hydrogen-bond acceptors (Lipinski definition) is 2. The van der Waals surface area contributed by atoms with Gasteiger partial charge in [0.05, 0.1) is 6.10 Å². The molecule has 3 nitrogen and oxygen atoms in total. The molecule has 0 spiro atoms. The van der Waals surface area contributed by atoms with E-state index >= 15 is 0 Å². The van der Waals surface area contributed by atoms with Gasteiger partial charge in [-0.1, -0.05) is 30.3 Å². The van der Waals surface area contributed by atoms with Crippen molar-refractivity contribution >= 4 is 16.7 Å². The molecule has 3 rings (SSSR count). The smallest absolute Gasteiger partial charge is 0.254 e. The largest absolute Gasteiger partial charge is 0.389 e. The SMILES string of the molecule is O=C(c1ccc2ccccc2c1)N1CC(O)C1. The van der Waals surface area contributed by atoms with Crippen LogP contribution in [-0.4, -0.2) is 35.1 Å². The second-order valence-corrected chi connectivity index (χ2v) is 4.43. The molecule has 0 saturated carbocycles. The summed E-state index contributed by atoms with van der Waals surface area (Å²) in [4.78, 5) is 13.7. The van der Waals surface area contributed by atoms with E-state index in [1.54, 1.807) is 4.90 Å². The quantitative estimate of drug-likeness (QED) is 0.804. The monoisotopic (exact) mass is 227 g/mol. The number of aliphatic hydroxyl groups is 1. The molecule has 2 aromatic carbocycles. The lowest BCUT2D eigenvalue weighted by Gasteiger charge is -2.35. The molecule has 0 radical (unpaired) electrons. The first-order chi connectivity index (χ1) is 8.24. The Balaban J connectivity index is 1.92. The number of fused-ring (bicyclic) bond motifs is 1. The molecule has 1 saturated heterocycles. The maximum absolute atomic E-state index is 12.0. The summed E-state index contributed by atoms with van der Waals surface area (Å²) in [5.41, 5.74) is 0.690. The van der Waals surface area contributed by atoms with Crippen molar-refractivity contribution in [3.05, 3.63) is 48.0 Å². The van der Waals surface area contributed by atoms with Crippen molar-refractivity contribution in [3.8, 4) is 0 Å². The van der Waals surface area contributed by atoms with Crippen LogP contribution in [0, 0.1) is 0 Å². The van der Waals surface area contributed by atoms with Crippen LogP contribution in [-0.2, 0) is 0 Å². The van der Waals surface area contributed by atoms with E-state index in [1.807, 2.05) is 42.5 Å². The zero-order chi connectivity index (χ0) is 11.8. The van der Waals surface area contributed by atoms with E-state index in [0.29, 0.717) is 18.7 Å². The van der Waals surface area contributed by atoms with Crippen LogP contribution < -0.4 is 0 Å². The fourth-order valence-corrected chi connectivity index (χ4v) is 2.13. The van der Waals surface area contributed by atoms with E-state index < -0.39 is 0 Å². The van der Waals surface area contributed by atoms with Crippen LogP contribution in [0.1, 0.15) is 10.4 Å². The first-order valence-corrected chi connectivity index (χ1v) is 5.70. The first-order valence-electron chi connectivity index (χ1n) is 5.70. The van der Waals surface area contributed by atoms with Crippen molar-refractivity contribution < 1.29 is 9.90 Å². The molecule has 2 aromatic rings. The standard InChI is InChI=1S/C14H13NO2/c16-13-8-15(9-13)14(17)12-6-5-10-3-1-2-4-11(10)7-12/h1-7,13,16H,8-9H2. The predicted molar refractivity (Wildman–Crippen MR) is 65.9 cm³/mol. The number of likely N-dealkylation sites (tertiary alicyclic amines) is 1. The summed E-state index contributed by atoms with van der Waals surface area (Å²) >= 11 is 0. The summed E-state index contributed by atoms with van der Waals surface area (Å²) in [7, 11) is 0. The average Bonchev–Trinajstić information content (AvgIpc) is 2.33. The van der Waals surface area contributed by atoms with Gasteiger partial charge in [0.15, 0.2) is 0 Å². The van der Waals surface area contributed by atoms with Gasteiger partial charge in [0, 0.05) is 18.7 Å². The number of benzene rings is 2. The predicted octanol–water partition coefficient (Wildman–Crippen LogP) is 1.66. The van der Waals surface area contributed by atoms with Crippen LogP contribution in [0.4, 0.5) is 0 Å². The van der Waals surface area contributed by atoms with E-state index in [9.17, 15) is 9.90 Å². The Hall–Kier alpha value is -1.87. The number of amides is 1. The van der Waals surface area contributed by atoms with Crippen molar-refractivity contribution in [2.45, 2.75) is 6.10 Å². The summed E-state index contributed by atoms with van der Waals surface area (Å²) in [5, 5.41) is 11.4. The molecule has 0 unspecified atom stereocenters. The molecular formula is C14H13NO2. The Morgan fingerprint density at radius 1 is 1.12 bits per heavy atom. The minimum atomic E-state index is -0.348. The summed E-state index contributed by atoms with van der Waals surface area (Å²) in [6.45, 7) is 0.900. The average molecular weight is 227 g/mol. The maximum atomic E-state index is 12.0. The Morgan fingerprint density at radius 2 is 1.82 bits per heavy atom. The zero-order valence-electron chi connectivity index (χ0n) is 9.34. The lowest BCUT2D eigenvalue weighted by Crippen LogP contribution is -2.53. The topological polar surface area (TPSA) is 40.5 Å². The number of β-amino-alcohol motifs (C(OH)–C–C–N with tert-alkyl or cyclic N) is 1. The van der Waals surface area contributed by atoms with Gasteiger partial charge < -0.3 is 10.0 Å². The summed E-state index contributed by atoms with van der Waals surface area (Å²) in [5.74, 6) is 0.000975. The van der Waals surface area contributed by atoms with Gasteiger partial charge in [-0.2, -0.15) is 0 Å². The molecule has 1 heterocycles. The number of rotatable bonds is 1. The van der Waals surface area contributed by atoms with Crippen molar-refractivity contribution in [1.82, 2.24) is 4.90 Å². The van der Waals surface area contributed by atoms with Crippen molar-refractivity contribution in [2.75, 3.05) is 13.1 Å². The van der Waals surface area contributed by atoms with Crippen molar-refractivity contribution in [1.29, 1.82) is 0 Å². The maximum Gasteiger partial charge on any atom is 0.254 e. The Bertz CT molecular complexity index is 573. The first kappa shape index (κ1) is 10.3. The lowest BCUT2D eigenvalue weighted by molar-refractivity contribution is 0.00591. The number of carbonyl (C=O) groups excluding carboxylic acids is 1. The van der Waals surface area contributed by atoms with E-state index in [1.165, 1.54) is 0 Å². The summed E-state index contributed by atoms with van der Waals surface area (Å²) in [6.07, 6.45) is -0.348. The molecule has 17 heavy (non-hydrogen) atoms. The van der Waals surface area contributed by atoms with Crippen LogP contribution in [0.2, 0.25) is 0 Å². The van der Waals surface area contributed by atoms with Crippen LogP contribution in [0.15, 0.2) is 42.5 Å². The highest BCUT2D eigenvalue weighted by molar-refractivity contribution is 5.99. The van der Waals surface area contributed by atoms with Gasteiger partial charge in [0.25, 0.3) is 5.91 Å². The number of hydrogen-bond donors (Lipinski definition) is 1.